The Hall–Kier alpha value is -0.368. The van der Waals surface area contributed by atoms with Crippen molar-refractivity contribution in [1.82, 2.24) is 10.1 Å². The molecule has 3 aliphatic heterocycles. The van der Waals surface area contributed by atoms with Gasteiger partial charge in [0.25, 0.3) is 29.1 Å². The van der Waals surface area contributed by atoms with Crippen molar-refractivity contribution in [3.8, 4) is 5.75 Å². The van der Waals surface area contributed by atoms with Gasteiger partial charge < -0.3 is 59.9 Å². The number of hydroxylamine groups is 4. The van der Waals surface area contributed by atoms with Crippen molar-refractivity contribution in [3.63, 3.8) is 0 Å². The van der Waals surface area contributed by atoms with Gasteiger partial charge in [0.2, 0.25) is 11.5 Å². The van der Waals surface area contributed by atoms with Gasteiger partial charge in [-0.05, 0) is 56.0 Å². The first kappa shape index (κ1) is 86.3. The Bertz CT molecular complexity index is 5190. The SMILES string of the molecule is O=C(CCCCCN1/C(=C/C=C/C=C/c2oc3c(S(=O)(=O)[O-])c4c(cc3[n+]2CCCCCC(=O)ON2C(=O)CCC2=O)oc2c(S(=O)(=O)[O-])cc(S(=O)(=O)[O-])cc24)Oc2c1cc1oc3c(S(=O)(=O)[O-])cc(S(=O)(=O)[O-])cc3c1c2S(=O)(=O)[O-])ON1C(=O)CCC1=O.[K+].[K+].[K+].[K+].[K+]. The summed E-state index contributed by atoms with van der Waals surface area (Å²) in [6.07, 6.45) is 5.36. The number of aryl methyl sites for hydroxylation is 1. The van der Waals surface area contributed by atoms with Crippen LogP contribution in [0.5, 0.6) is 5.75 Å². The number of anilines is 1. The van der Waals surface area contributed by atoms with Crippen LogP contribution in [0, 0.1) is 0 Å². The molecule has 0 unspecified atom stereocenters. The number of allylic oxidation sites excluding steroid dienone is 4. The fourth-order valence-corrected chi connectivity index (χ4v) is 14.4. The zero-order chi connectivity index (χ0) is 66.2. The molecule has 3 aromatic heterocycles. The molecule has 4 aromatic carbocycles. The van der Waals surface area contributed by atoms with E-state index in [9.17, 15) is 107 Å². The van der Waals surface area contributed by atoms with Crippen molar-refractivity contribution in [1.29, 1.82) is 0 Å². The third-order valence-electron chi connectivity index (χ3n) is 14.1. The van der Waals surface area contributed by atoms with Crippen LogP contribution in [0.15, 0.2) is 109 Å². The number of rotatable bonds is 23. The number of benzene rings is 4. The number of aromatic nitrogens is 1. The minimum atomic E-state index is -5.83. The third kappa shape index (κ3) is 19.0. The van der Waals surface area contributed by atoms with Crippen molar-refractivity contribution in [2.24, 2.45) is 0 Å². The van der Waals surface area contributed by atoms with Crippen LogP contribution < -0.4 is 271 Å². The topological polar surface area (TPSA) is 526 Å². The van der Waals surface area contributed by atoms with Gasteiger partial charge in [-0.3, -0.25) is 19.2 Å². The Balaban J connectivity index is 0.00000333. The number of hydrogen-bond acceptors (Lipinski definition) is 31. The maximum Gasteiger partial charge on any atom is 1.00 e. The molecule has 0 atom stereocenters. The number of furan rings is 2. The third-order valence-corrected chi connectivity index (χ3v) is 19.2. The molecule has 7 aromatic rings. The van der Waals surface area contributed by atoms with E-state index in [0.29, 0.717) is 22.3 Å². The second-order valence-electron chi connectivity index (χ2n) is 20.2. The number of carbonyl (C=O) groups is 6. The number of nitrogens with zero attached hydrogens (tertiary/aromatic N) is 4. The van der Waals surface area contributed by atoms with Gasteiger partial charge in [-0.1, -0.05) is 24.6 Å². The maximum atomic E-state index is 13.3. The average molecular weight is 1580 g/mol. The molecule has 0 bridgehead atoms. The van der Waals surface area contributed by atoms with Crippen molar-refractivity contribution in [2.75, 3.05) is 11.4 Å². The summed E-state index contributed by atoms with van der Waals surface area (Å²) in [5.74, 6) is -6.13. The van der Waals surface area contributed by atoms with E-state index in [2.05, 4.69) is 0 Å². The van der Waals surface area contributed by atoms with E-state index < -0.39 is 181 Å². The minimum absolute atomic E-state index is 0. The number of amides is 4. The van der Waals surface area contributed by atoms with Crippen LogP contribution in [-0.4, -0.2) is 130 Å². The molecule has 45 heteroatoms. The summed E-state index contributed by atoms with van der Waals surface area (Å²) in [5, 5.41) is -2.52. The molecule has 2 fully saturated rings. The number of unbranched alkanes of at least 4 members (excludes halogenated alkanes) is 4. The van der Waals surface area contributed by atoms with Crippen LogP contribution >= 0.6 is 0 Å². The fourth-order valence-electron chi connectivity index (χ4n) is 10.2. The zero-order valence-corrected chi connectivity index (χ0v) is 71.3. The normalized spacial score (nSPS) is 15.2. The first-order valence-corrected chi connectivity index (χ1v) is 34.7. The summed E-state index contributed by atoms with van der Waals surface area (Å²) in [4.78, 5) is 76.0. The summed E-state index contributed by atoms with van der Waals surface area (Å²) in [6.45, 7) is -0.376. The molecule has 2 saturated heterocycles. The Labute approximate surface area is 756 Å². The van der Waals surface area contributed by atoms with Gasteiger partial charge in [0, 0.05) is 73.7 Å². The van der Waals surface area contributed by atoms with Gasteiger partial charge >= 0.3 is 275 Å². The van der Waals surface area contributed by atoms with Crippen LogP contribution in [0.25, 0.3) is 61.1 Å². The molecule has 96 heavy (non-hydrogen) atoms. The van der Waals surface area contributed by atoms with Crippen LogP contribution in [0.2, 0.25) is 0 Å². The molecule has 0 radical (unpaired) electrons. The summed E-state index contributed by atoms with van der Waals surface area (Å²) in [5.41, 5.74) is -4.48. The number of imide groups is 2. The van der Waals surface area contributed by atoms with E-state index in [4.69, 9.17) is 27.7 Å². The van der Waals surface area contributed by atoms with E-state index in [1.54, 1.807) is 0 Å². The van der Waals surface area contributed by atoms with Crippen molar-refractivity contribution < 1.29 is 396 Å². The van der Waals surface area contributed by atoms with Crippen LogP contribution in [0.3, 0.4) is 0 Å². The summed E-state index contributed by atoms with van der Waals surface area (Å²) < 4.78 is 252. The molecule has 0 saturated carbocycles. The Morgan fingerprint density at radius 3 is 1.40 bits per heavy atom. The standard InChI is InChI=1S/C51H44N4O30S6.5K/c56-36-14-15-37(57)54(36)84-42(60)12-6-2-8-18-52-30-24-32-44(28-20-26(86(62,63)64)22-34(46(28)80-32)88(68,69)70)50(90(74,75)76)48(30)82-40(52)10-4-1-5-11-41-53(19-9-3-7-13-43(61)85-55-38(58)16-17-39(55)59)31-25-33-45(51(49(31)83-41)91(77,78)79)29-21-27(87(65,66)67)23-35(47(29)81-33)89(71,72)73;;;;;/h1,4-5,10-11,20-25H,2-3,6-9,12-19H2,(H5-,62,63,64,65,66,67,68,69,70,71,72,73,74,75,76,77,78,79);;;;;/q;5*+1/p-5. The van der Waals surface area contributed by atoms with E-state index in [1.165, 1.54) is 39.8 Å². The summed E-state index contributed by atoms with van der Waals surface area (Å²) >= 11 is 0. The van der Waals surface area contributed by atoms with Crippen LogP contribution in [0.1, 0.15) is 82.9 Å². The average Bonchev–Trinajstić information content (AvgIpc) is 1.56. The number of oxazole rings is 1. The second-order valence-corrected chi connectivity index (χ2v) is 28.3. The van der Waals surface area contributed by atoms with Crippen molar-refractivity contribution in [2.45, 2.75) is 113 Å². The first-order chi connectivity index (χ1) is 42.4. The molecule has 34 nitrogen and oxygen atoms in total. The Morgan fingerprint density at radius 1 is 0.500 bits per heavy atom. The number of fused-ring (bicyclic) bond motifs is 8. The molecule has 0 N–H and O–H groups in total. The van der Waals surface area contributed by atoms with Crippen molar-refractivity contribution in [3.05, 3.63) is 72.5 Å². The summed E-state index contributed by atoms with van der Waals surface area (Å²) in [6, 6.07) is 3.40. The predicted octanol–water partition coefficient (Wildman–Crippen LogP) is -12.4. The van der Waals surface area contributed by atoms with Gasteiger partial charge in [-0.15, -0.1) is 10.1 Å². The smallest absolute Gasteiger partial charge is 0.744 e. The number of hydrogen-bond donors (Lipinski definition) is 0. The molecule has 4 amide bonds. The second kappa shape index (κ2) is 33.8. The Kier molecular flexibility index (Phi) is 30.4. The molecule has 484 valence electrons. The van der Waals surface area contributed by atoms with Gasteiger partial charge in [0.1, 0.15) is 81.7 Å². The molecule has 0 spiro atoms. The monoisotopic (exact) mass is 1570 g/mol. The molecule has 0 aliphatic carbocycles. The fraction of sp³-hybridized carbons (Fsp3) is 0.275. The molecule has 3 aliphatic rings. The van der Waals surface area contributed by atoms with Crippen molar-refractivity contribution >= 4 is 163 Å². The van der Waals surface area contributed by atoms with E-state index in [0.717, 1.165) is 12.1 Å². The maximum absolute atomic E-state index is 13.3. The summed E-state index contributed by atoms with van der Waals surface area (Å²) in [7, 11) is -34.3. The first-order valence-electron chi connectivity index (χ1n) is 26.3. The molecule has 10 rings (SSSR count). The number of ether oxygens (including phenoxy) is 1. The van der Waals surface area contributed by atoms with Crippen LogP contribution in [-0.2, 0) is 106 Å². The predicted molar refractivity (Wildman–Crippen MR) is 291 cm³/mol. The van der Waals surface area contributed by atoms with E-state index in [-0.39, 0.29) is 382 Å². The number of carbonyl (C=O) groups excluding carboxylic acids is 6. The minimum Gasteiger partial charge on any atom is -0.744 e. The van der Waals surface area contributed by atoms with Gasteiger partial charge in [-0.25, -0.2) is 60.1 Å². The van der Waals surface area contributed by atoms with Gasteiger partial charge in [0.05, 0.1) is 42.8 Å². The van der Waals surface area contributed by atoms with E-state index >= 15 is 0 Å². The van der Waals surface area contributed by atoms with Gasteiger partial charge in [0.15, 0.2) is 23.5 Å². The van der Waals surface area contributed by atoms with Gasteiger partial charge in [-0.2, -0.15) is 4.57 Å². The molecule has 6 heterocycles. The Morgan fingerprint density at radius 2 is 0.948 bits per heavy atom. The largest absolute Gasteiger partial charge is 1.00 e. The van der Waals surface area contributed by atoms with E-state index in [1.807, 2.05) is 0 Å². The zero-order valence-electron chi connectivity index (χ0n) is 50.7. The van der Waals surface area contributed by atoms with Crippen LogP contribution in [0.4, 0.5) is 5.69 Å². The quantitative estimate of drug-likeness (QED) is 0.0143. The molecular formula is C51H39K5N4O30S6. The molecular weight excluding hydrogens is 1540 g/mol.